The minimum Gasteiger partial charge on any atom is -0.379 e. The van der Waals surface area contributed by atoms with Crippen molar-refractivity contribution in [2.75, 3.05) is 31.7 Å². The first kappa shape index (κ1) is 27.1. The monoisotopic (exact) mass is 535 g/mol. The zero-order valence-electron chi connectivity index (χ0n) is 20.4. The minimum absolute atomic E-state index is 0.0172. The molecule has 37 heavy (non-hydrogen) atoms. The fourth-order valence-electron chi connectivity index (χ4n) is 4.25. The van der Waals surface area contributed by atoms with Gasteiger partial charge in [-0.05, 0) is 30.5 Å². The number of nitrogens with zero attached hydrogens (tertiary/aromatic N) is 3. The van der Waals surface area contributed by atoms with Crippen molar-refractivity contribution in [1.82, 2.24) is 19.5 Å². The van der Waals surface area contributed by atoms with Crippen LogP contribution in [0.2, 0.25) is 0 Å². The van der Waals surface area contributed by atoms with Crippen LogP contribution >= 0.6 is 7.60 Å². The molecule has 0 radical (unpaired) electrons. The lowest BCUT2D eigenvalue weighted by Crippen LogP contribution is -2.22. The molecular formula is C24H31FN5O6P. The van der Waals surface area contributed by atoms with Gasteiger partial charge in [0.2, 0.25) is 5.95 Å². The molecule has 11 nitrogen and oxygen atoms in total. The molecule has 0 spiro atoms. The molecule has 2 aromatic heterocycles. The van der Waals surface area contributed by atoms with Gasteiger partial charge in [0.1, 0.15) is 12.4 Å². The molecule has 2 heterocycles. The predicted molar refractivity (Wildman–Crippen MR) is 135 cm³/mol. The lowest BCUT2D eigenvalue weighted by Gasteiger charge is -2.22. The average molecular weight is 536 g/mol. The standard InChI is InChI=1S/C24H31FN5O6P/c25-19-8-4-5-17(13-19)14-35-37(33,36-15-20(31)18-6-2-1-3-7-18)12-11-34-10-9-30-16-27-21-22(30)28-24(26)29-23(21)32/h4-5,8,13,16,18H,1-3,6-7,9-12,14-15H2,(H3,26,28,29,32). The molecule has 0 amide bonds. The zero-order chi connectivity index (χ0) is 26.3. The van der Waals surface area contributed by atoms with E-state index in [0.717, 1.165) is 32.1 Å². The Balaban J connectivity index is 1.32. The Morgan fingerprint density at radius 3 is 2.81 bits per heavy atom. The maximum absolute atomic E-state index is 13.5. The number of aromatic nitrogens is 4. The number of H-pyrrole nitrogens is 1. The number of imidazole rings is 1. The van der Waals surface area contributed by atoms with Crippen LogP contribution in [0.5, 0.6) is 0 Å². The van der Waals surface area contributed by atoms with Gasteiger partial charge in [0.05, 0.1) is 32.3 Å². The number of anilines is 1. The van der Waals surface area contributed by atoms with Gasteiger partial charge in [0.15, 0.2) is 16.9 Å². The van der Waals surface area contributed by atoms with Crippen molar-refractivity contribution in [3.05, 3.63) is 52.3 Å². The third-order valence-electron chi connectivity index (χ3n) is 6.26. The van der Waals surface area contributed by atoms with E-state index in [-0.39, 0.29) is 55.8 Å². The fraction of sp³-hybridized carbons (Fsp3) is 0.500. The highest BCUT2D eigenvalue weighted by Gasteiger charge is 2.29. The summed E-state index contributed by atoms with van der Waals surface area (Å²) in [5, 5.41) is 0. The normalized spacial score (nSPS) is 16.1. The summed E-state index contributed by atoms with van der Waals surface area (Å²) in [6.45, 7) is 0.122. The second-order valence-corrected chi connectivity index (χ2v) is 11.2. The van der Waals surface area contributed by atoms with Gasteiger partial charge < -0.3 is 24.1 Å². The number of rotatable bonds is 13. The van der Waals surface area contributed by atoms with Crippen molar-refractivity contribution >= 4 is 30.5 Å². The van der Waals surface area contributed by atoms with Gasteiger partial charge in [-0.15, -0.1) is 0 Å². The minimum atomic E-state index is -3.72. The molecule has 1 aromatic carbocycles. The summed E-state index contributed by atoms with van der Waals surface area (Å²) in [6.07, 6.45) is 6.12. The summed E-state index contributed by atoms with van der Waals surface area (Å²) >= 11 is 0. The maximum atomic E-state index is 13.5. The Kier molecular flexibility index (Phi) is 9.20. The van der Waals surface area contributed by atoms with E-state index in [1.165, 1.54) is 24.5 Å². The molecule has 0 bridgehead atoms. The smallest absolute Gasteiger partial charge is 0.333 e. The number of nitrogens with two attached hydrogens (primary N) is 1. The second-order valence-electron chi connectivity index (χ2n) is 8.99. The van der Waals surface area contributed by atoms with Crippen molar-refractivity contribution in [2.45, 2.75) is 45.3 Å². The van der Waals surface area contributed by atoms with E-state index in [1.807, 2.05) is 0 Å². The molecule has 13 heteroatoms. The number of hydrogen-bond acceptors (Lipinski definition) is 9. The number of aromatic amines is 1. The molecule has 1 saturated carbocycles. The van der Waals surface area contributed by atoms with E-state index in [4.69, 9.17) is 19.5 Å². The maximum Gasteiger partial charge on any atom is 0.333 e. The molecule has 3 aromatic rings. The molecule has 1 aliphatic rings. The van der Waals surface area contributed by atoms with Crippen LogP contribution in [0.25, 0.3) is 11.2 Å². The highest BCUT2D eigenvalue weighted by Crippen LogP contribution is 2.49. The van der Waals surface area contributed by atoms with Crippen molar-refractivity contribution in [3.63, 3.8) is 0 Å². The summed E-state index contributed by atoms with van der Waals surface area (Å²) < 4.78 is 45.4. The number of hydrogen-bond donors (Lipinski definition) is 2. The first-order valence-electron chi connectivity index (χ1n) is 12.3. The van der Waals surface area contributed by atoms with Crippen LogP contribution in [0.15, 0.2) is 35.4 Å². The van der Waals surface area contributed by atoms with Crippen LogP contribution in [0.1, 0.15) is 37.7 Å². The molecule has 3 N–H and O–H groups in total. The van der Waals surface area contributed by atoms with E-state index >= 15 is 0 Å². The number of halogens is 1. The van der Waals surface area contributed by atoms with Gasteiger partial charge in [-0.2, -0.15) is 4.98 Å². The number of ether oxygens (including phenoxy) is 1. The van der Waals surface area contributed by atoms with Crippen LogP contribution in [-0.4, -0.2) is 51.3 Å². The van der Waals surface area contributed by atoms with Gasteiger partial charge in [-0.1, -0.05) is 31.4 Å². The van der Waals surface area contributed by atoms with Crippen LogP contribution in [0, 0.1) is 11.7 Å². The number of fused-ring (bicyclic) bond motifs is 1. The van der Waals surface area contributed by atoms with E-state index in [2.05, 4.69) is 15.0 Å². The molecule has 1 aliphatic carbocycles. The van der Waals surface area contributed by atoms with Crippen molar-refractivity contribution in [2.24, 2.45) is 5.92 Å². The second kappa shape index (κ2) is 12.6. The lowest BCUT2D eigenvalue weighted by atomic mass is 9.86. The summed E-state index contributed by atoms with van der Waals surface area (Å²) in [4.78, 5) is 35.0. The highest BCUT2D eigenvalue weighted by molar-refractivity contribution is 7.53. The number of benzene rings is 1. The Hall–Kier alpha value is -2.92. The number of Topliss-reactive ketones (excluding diaryl/α,β-unsaturated/α-hetero) is 1. The SMILES string of the molecule is Nc1nc2c(ncn2CCOCCP(=O)(OCC(=O)C2CCCCC2)OCc2cccc(F)c2)c(=O)[nH]1. The Morgan fingerprint density at radius 2 is 2.03 bits per heavy atom. The first-order valence-corrected chi connectivity index (χ1v) is 14.0. The number of ketones is 1. The molecule has 1 unspecified atom stereocenters. The number of carbonyl (C=O) groups excluding carboxylic acids is 1. The van der Waals surface area contributed by atoms with E-state index in [9.17, 15) is 18.5 Å². The fourth-order valence-corrected chi connectivity index (χ4v) is 5.60. The lowest BCUT2D eigenvalue weighted by molar-refractivity contribution is -0.126. The van der Waals surface area contributed by atoms with E-state index in [1.54, 1.807) is 10.6 Å². The van der Waals surface area contributed by atoms with Crippen molar-refractivity contribution in [3.8, 4) is 0 Å². The third-order valence-corrected chi connectivity index (χ3v) is 8.04. The van der Waals surface area contributed by atoms with Crippen LogP contribution < -0.4 is 11.3 Å². The van der Waals surface area contributed by atoms with Crippen LogP contribution in [-0.2, 0) is 36.3 Å². The molecule has 1 fully saturated rings. The van der Waals surface area contributed by atoms with Gasteiger partial charge in [-0.25, -0.2) is 9.37 Å². The summed E-state index contributed by atoms with van der Waals surface area (Å²) in [5.41, 5.74) is 6.17. The Morgan fingerprint density at radius 1 is 1.22 bits per heavy atom. The number of carbonyl (C=O) groups is 1. The van der Waals surface area contributed by atoms with Gasteiger partial charge >= 0.3 is 7.60 Å². The van der Waals surface area contributed by atoms with Crippen LogP contribution in [0.3, 0.4) is 0 Å². The van der Waals surface area contributed by atoms with E-state index in [0.29, 0.717) is 17.8 Å². The van der Waals surface area contributed by atoms with Gasteiger partial charge in [0.25, 0.3) is 5.56 Å². The highest BCUT2D eigenvalue weighted by atomic mass is 31.2. The topological polar surface area (TPSA) is 151 Å². The molecule has 200 valence electrons. The third kappa shape index (κ3) is 7.54. The quantitative estimate of drug-likeness (QED) is 0.248. The van der Waals surface area contributed by atoms with Crippen molar-refractivity contribution < 1.29 is 27.5 Å². The molecule has 0 saturated heterocycles. The molecule has 4 rings (SSSR count). The van der Waals surface area contributed by atoms with Crippen molar-refractivity contribution in [1.29, 1.82) is 0 Å². The number of nitrogens with one attached hydrogen (secondary N) is 1. The van der Waals surface area contributed by atoms with Gasteiger partial charge in [0, 0.05) is 12.5 Å². The Labute approximate surface area is 213 Å². The summed E-state index contributed by atoms with van der Waals surface area (Å²) in [5.74, 6) is -0.611. The van der Waals surface area contributed by atoms with E-state index < -0.39 is 19.0 Å². The largest absolute Gasteiger partial charge is 0.379 e. The molecule has 0 aliphatic heterocycles. The zero-order valence-corrected chi connectivity index (χ0v) is 21.3. The van der Waals surface area contributed by atoms with Crippen LogP contribution in [0.4, 0.5) is 10.3 Å². The first-order chi connectivity index (χ1) is 17.8. The van der Waals surface area contributed by atoms with Gasteiger partial charge in [-0.3, -0.25) is 19.1 Å². The summed E-state index contributed by atoms with van der Waals surface area (Å²) in [6, 6.07) is 5.78. The average Bonchev–Trinajstić information content (AvgIpc) is 3.29. The number of nitrogen functional groups attached to an aromatic ring is 1. The molecular weight excluding hydrogens is 504 g/mol. The molecule has 1 atom stereocenters. The summed E-state index contributed by atoms with van der Waals surface area (Å²) in [7, 11) is -3.72. The Bertz CT molecular complexity index is 1320. The predicted octanol–water partition coefficient (Wildman–Crippen LogP) is 3.43.